The molecule has 0 aliphatic rings. The zero-order chi connectivity index (χ0) is 14.3. The molecule has 0 aliphatic heterocycles. The Bertz CT molecular complexity index is 848. The highest BCUT2D eigenvalue weighted by Gasteiger charge is 2.14. The van der Waals surface area contributed by atoms with Crippen LogP contribution in [0.4, 0.5) is 0 Å². The number of nitrogens with zero attached hydrogens (tertiary/aromatic N) is 1. The van der Waals surface area contributed by atoms with Gasteiger partial charge < -0.3 is 9.15 Å². The predicted octanol–water partition coefficient (Wildman–Crippen LogP) is 3.54. The van der Waals surface area contributed by atoms with E-state index in [-0.39, 0.29) is 5.43 Å². The Kier molecular flexibility index (Phi) is 3.06. The lowest BCUT2D eigenvalue weighted by Gasteiger charge is -2.03. The van der Waals surface area contributed by atoms with Gasteiger partial charge in [0.15, 0.2) is 0 Å². The Morgan fingerprint density at radius 3 is 2.75 bits per heavy atom. The number of aryl methyl sites for hydroxylation is 2. The van der Waals surface area contributed by atoms with Crippen molar-refractivity contribution in [1.29, 1.82) is 0 Å². The van der Waals surface area contributed by atoms with Crippen molar-refractivity contribution in [3.05, 3.63) is 45.4 Å². The fourth-order valence-corrected chi connectivity index (χ4v) is 3.10. The second kappa shape index (κ2) is 4.76. The molecule has 0 fully saturated rings. The molecule has 2 heterocycles. The topological polar surface area (TPSA) is 52.3 Å². The van der Waals surface area contributed by atoms with Gasteiger partial charge in [-0.15, -0.1) is 11.3 Å². The van der Waals surface area contributed by atoms with E-state index in [9.17, 15) is 4.79 Å². The van der Waals surface area contributed by atoms with Gasteiger partial charge in [-0.3, -0.25) is 4.79 Å². The maximum absolute atomic E-state index is 12.6. The van der Waals surface area contributed by atoms with Crippen LogP contribution >= 0.6 is 11.3 Å². The molecule has 0 N–H and O–H groups in total. The maximum Gasteiger partial charge on any atom is 0.201 e. The highest BCUT2D eigenvalue weighted by molar-refractivity contribution is 7.15. The van der Waals surface area contributed by atoms with E-state index in [1.165, 1.54) is 17.6 Å². The first kappa shape index (κ1) is 12.9. The molecule has 0 spiro atoms. The summed E-state index contributed by atoms with van der Waals surface area (Å²) in [7, 11) is 1.58. The first-order valence-corrected chi connectivity index (χ1v) is 6.95. The van der Waals surface area contributed by atoms with Gasteiger partial charge in [0.05, 0.1) is 33.6 Å². The third-order valence-corrected chi connectivity index (χ3v) is 4.24. The molecule has 0 saturated heterocycles. The standard InChI is InChI=1S/C15H13NO3S/c1-8-15(20-9(2)16-8)12-7-19-13-6-10(18-3)4-5-11(13)14(12)17/h4-7H,1-3H3. The number of benzene rings is 1. The molecule has 2 aromatic heterocycles. The van der Waals surface area contributed by atoms with Gasteiger partial charge in [-0.1, -0.05) is 0 Å². The normalized spacial score (nSPS) is 10.9. The Balaban J connectivity index is 2.26. The molecule has 0 unspecified atom stereocenters. The van der Waals surface area contributed by atoms with Gasteiger partial charge in [-0.25, -0.2) is 4.98 Å². The molecule has 0 bridgehead atoms. The summed E-state index contributed by atoms with van der Waals surface area (Å²) in [6, 6.07) is 5.20. The monoisotopic (exact) mass is 287 g/mol. The number of rotatable bonds is 2. The van der Waals surface area contributed by atoms with E-state index in [1.54, 1.807) is 25.3 Å². The van der Waals surface area contributed by atoms with Crippen LogP contribution in [0.3, 0.4) is 0 Å². The molecule has 5 heteroatoms. The van der Waals surface area contributed by atoms with Crippen LogP contribution in [-0.4, -0.2) is 12.1 Å². The summed E-state index contributed by atoms with van der Waals surface area (Å²) >= 11 is 1.50. The highest BCUT2D eigenvalue weighted by atomic mass is 32.1. The molecule has 20 heavy (non-hydrogen) atoms. The van der Waals surface area contributed by atoms with Crippen molar-refractivity contribution in [2.24, 2.45) is 0 Å². The Morgan fingerprint density at radius 1 is 1.30 bits per heavy atom. The van der Waals surface area contributed by atoms with Crippen LogP contribution in [0, 0.1) is 13.8 Å². The minimum Gasteiger partial charge on any atom is -0.497 e. The molecule has 3 rings (SSSR count). The number of hydrogen-bond acceptors (Lipinski definition) is 5. The second-order valence-corrected chi connectivity index (χ2v) is 5.69. The van der Waals surface area contributed by atoms with Crippen molar-refractivity contribution >= 4 is 22.3 Å². The lowest BCUT2D eigenvalue weighted by Crippen LogP contribution is -2.04. The van der Waals surface area contributed by atoms with Gasteiger partial charge in [0.1, 0.15) is 17.6 Å². The van der Waals surface area contributed by atoms with Crippen LogP contribution in [0.1, 0.15) is 10.7 Å². The smallest absolute Gasteiger partial charge is 0.201 e. The van der Waals surface area contributed by atoms with Crippen LogP contribution in [-0.2, 0) is 0 Å². The maximum atomic E-state index is 12.6. The molecule has 4 nitrogen and oxygen atoms in total. The predicted molar refractivity (Wildman–Crippen MR) is 79.6 cm³/mol. The third kappa shape index (κ3) is 2.00. The van der Waals surface area contributed by atoms with Crippen molar-refractivity contribution in [1.82, 2.24) is 4.98 Å². The summed E-state index contributed by atoms with van der Waals surface area (Å²) in [5.41, 5.74) is 1.90. The Hall–Kier alpha value is -2.14. The number of aromatic nitrogens is 1. The summed E-state index contributed by atoms with van der Waals surface area (Å²) in [5, 5.41) is 1.49. The van der Waals surface area contributed by atoms with Gasteiger partial charge in [-0.2, -0.15) is 0 Å². The molecule has 0 atom stereocenters. The number of methoxy groups -OCH3 is 1. The zero-order valence-corrected chi connectivity index (χ0v) is 12.2. The quantitative estimate of drug-likeness (QED) is 0.723. The van der Waals surface area contributed by atoms with Gasteiger partial charge in [0, 0.05) is 6.07 Å². The number of fused-ring (bicyclic) bond motifs is 1. The second-order valence-electron chi connectivity index (χ2n) is 4.49. The van der Waals surface area contributed by atoms with Crippen LogP contribution in [0.5, 0.6) is 5.75 Å². The SMILES string of the molecule is COc1ccc2c(=O)c(-c3sc(C)nc3C)coc2c1. The first-order chi connectivity index (χ1) is 9.60. The van der Waals surface area contributed by atoms with Crippen LogP contribution in [0.15, 0.2) is 33.7 Å². The number of hydrogen-bond donors (Lipinski definition) is 0. The number of ether oxygens (including phenoxy) is 1. The average Bonchev–Trinajstić information content (AvgIpc) is 2.77. The third-order valence-electron chi connectivity index (χ3n) is 3.13. The molecule has 1 aromatic carbocycles. The lowest BCUT2D eigenvalue weighted by atomic mass is 10.1. The molecular weight excluding hydrogens is 274 g/mol. The van der Waals surface area contributed by atoms with Crippen molar-refractivity contribution in [2.45, 2.75) is 13.8 Å². The molecule has 0 aliphatic carbocycles. The first-order valence-electron chi connectivity index (χ1n) is 6.14. The Morgan fingerprint density at radius 2 is 2.10 bits per heavy atom. The summed E-state index contributed by atoms with van der Waals surface area (Å²) in [6.45, 7) is 3.82. The van der Waals surface area contributed by atoms with Crippen molar-refractivity contribution in [3.63, 3.8) is 0 Å². The van der Waals surface area contributed by atoms with E-state index in [4.69, 9.17) is 9.15 Å². The minimum atomic E-state index is -0.0411. The Labute approximate surface area is 119 Å². The lowest BCUT2D eigenvalue weighted by molar-refractivity contribution is 0.414. The number of thiazole rings is 1. The van der Waals surface area contributed by atoms with Crippen LogP contribution in [0.25, 0.3) is 21.4 Å². The van der Waals surface area contributed by atoms with Crippen LogP contribution < -0.4 is 10.2 Å². The van der Waals surface area contributed by atoms with E-state index < -0.39 is 0 Å². The molecular formula is C15H13NO3S. The van der Waals surface area contributed by atoms with Crippen molar-refractivity contribution < 1.29 is 9.15 Å². The van der Waals surface area contributed by atoms with E-state index in [0.717, 1.165) is 15.6 Å². The molecule has 3 aromatic rings. The minimum absolute atomic E-state index is 0.0411. The van der Waals surface area contributed by atoms with Gasteiger partial charge in [0.2, 0.25) is 5.43 Å². The fraction of sp³-hybridized carbons (Fsp3) is 0.200. The van der Waals surface area contributed by atoms with Crippen molar-refractivity contribution in [2.75, 3.05) is 7.11 Å². The van der Waals surface area contributed by atoms with Crippen molar-refractivity contribution in [3.8, 4) is 16.2 Å². The summed E-state index contributed by atoms with van der Waals surface area (Å²) in [4.78, 5) is 17.8. The van der Waals surface area contributed by atoms with E-state index >= 15 is 0 Å². The molecule has 0 amide bonds. The van der Waals surface area contributed by atoms with Gasteiger partial charge in [0.25, 0.3) is 0 Å². The van der Waals surface area contributed by atoms with E-state index in [0.29, 0.717) is 22.3 Å². The molecule has 102 valence electrons. The largest absolute Gasteiger partial charge is 0.497 e. The summed E-state index contributed by atoms with van der Waals surface area (Å²) < 4.78 is 10.7. The van der Waals surface area contributed by atoms with E-state index in [1.807, 2.05) is 13.8 Å². The van der Waals surface area contributed by atoms with Gasteiger partial charge >= 0.3 is 0 Å². The zero-order valence-electron chi connectivity index (χ0n) is 11.4. The highest BCUT2D eigenvalue weighted by Crippen LogP contribution is 2.29. The van der Waals surface area contributed by atoms with E-state index in [2.05, 4.69) is 4.98 Å². The van der Waals surface area contributed by atoms with Gasteiger partial charge in [-0.05, 0) is 26.0 Å². The average molecular weight is 287 g/mol. The fourth-order valence-electron chi connectivity index (χ4n) is 2.17. The molecule has 0 saturated carbocycles. The summed E-state index contributed by atoms with van der Waals surface area (Å²) in [5.74, 6) is 0.665. The summed E-state index contributed by atoms with van der Waals surface area (Å²) in [6.07, 6.45) is 1.50. The van der Waals surface area contributed by atoms with Crippen LogP contribution in [0.2, 0.25) is 0 Å². The molecule has 0 radical (unpaired) electrons.